The maximum absolute atomic E-state index is 10.9. The van der Waals surface area contributed by atoms with Crippen LogP contribution in [0.25, 0.3) is 0 Å². The van der Waals surface area contributed by atoms with Gasteiger partial charge in [-0.15, -0.1) is 0 Å². The van der Waals surface area contributed by atoms with Gasteiger partial charge in [-0.2, -0.15) is 0 Å². The highest BCUT2D eigenvalue weighted by Gasteiger charge is 2.29. The standard InChI is InChI=1S/C13H17NO4/c1-17-10-6-9(7-10)14-11-5-8(13(15)16)3-4-12(11)18-2/h3-5,9-10,14H,6-7H2,1-2H3,(H,15,16). The maximum Gasteiger partial charge on any atom is 0.335 e. The van der Waals surface area contributed by atoms with Crippen molar-refractivity contribution in [3.8, 4) is 5.75 Å². The number of nitrogens with one attached hydrogen (secondary N) is 1. The number of methoxy groups -OCH3 is 2. The summed E-state index contributed by atoms with van der Waals surface area (Å²) in [5.41, 5.74) is 0.970. The molecule has 0 heterocycles. The van der Waals surface area contributed by atoms with Gasteiger partial charge in [-0.1, -0.05) is 0 Å². The van der Waals surface area contributed by atoms with Crippen molar-refractivity contribution >= 4 is 11.7 Å². The van der Waals surface area contributed by atoms with Gasteiger partial charge in [-0.3, -0.25) is 0 Å². The Labute approximate surface area is 106 Å². The van der Waals surface area contributed by atoms with Gasteiger partial charge in [0.2, 0.25) is 0 Å². The molecule has 0 bridgehead atoms. The second-order valence-corrected chi connectivity index (χ2v) is 4.39. The van der Waals surface area contributed by atoms with Crippen molar-refractivity contribution in [2.75, 3.05) is 19.5 Å². The van der Waals surface area contributed by atoms with Crippen molar-refractivity contribution in [1.29, 1.82) is 0 Å². The Morgan fingerprint density at radius 3 is 2.67 bits per heavy atom. The smallest absolute Gasteiger partial charge is 0.335 e. The highest BCUT2D eigenvalue weighted by atomic mass is 16.5. The first-order chi connectivity index (χ1) is 8.63. The highest BCUT2D eigenvalue weighted by Crippen LogP contribution is 2.31. The van der Waals surface area contributed by atoms with E-state index in [1.165, 1.54) is 6.07 Å². The Balaban J connectivity index is 2.10. The highest BCUT2D eigenvalue weighted by molar-refractivity contribution is 5.89. The van der Waals surface area contributed by atoms with Gasteiger partial charge in [0.1, 0.15) is 5.75 Å². The van der Waals surface area contributed by atoms with Gasteiger partial charge in [-0.05, 0) is 31.0 Å². The number of aromatic carboxylic acids is 1. The van der Waals surface area contributed by atoms with E-state index in [1.54, 1.807) is 26.4 Å². The van der Waals surface area contributed by atoms with Crippen molar-refractivity contribution in [1.82, 2.24) is 0 Å². The fraction of sp³-hybridized carbons (Fsp3) is 0.462. The summed E-state index contributed by atoms with van der Waals surface area (Å²) in [6.07, 6.45) is 2.16. The second-order valence-electron chi connectivity index (χ2n) is 4.39. The molecule has 2 rings (SSSR count). The molecule has 1 aliphatic carbocycles. The molecule has 5 heteroatoms. The Kier molecular flexibility index (Phi) is 3.72. The largest absolute Gasteiger partial charge is 0.495 e. The fourth-order valence-corrected chi connectivity index (χ4v) is 2.05. The van der Waals surface area contributed by atoms with E-state index in [0.717, 1.165) is 18.5 Å². The van der Waals surface area contributed by atoms with Crippen molar-refractivity contribution in [3.63, 3.8) is 0 Å². The molecule has 2 N–H and O–H groups in total. The van der Waals surface area contributed by atoms with Gasteiger partial charge in [-0.25, -0.2) is 4.79 Å². The molecule has 0 unspecified atom stereocenters. The van der Waals surface area contributed by atoms with E-state index in [4.69, 9.17) is 14.6 Å². The zero-order valence-corrected chi connectivity index (χ0v) is 10.5. The molecule has 0 saturated heterocycles. The van der Waals surface area contributed by atoms with Crippen LogP contribution in [0.4, 0.5) is 5.69 Å². The Morgan fingerprint density at radius 2 is 2.11 bits per heavy atom. The van der Waals surface area contributed by atoms with Crippen LogP contribution in [0, 0.1) is 0 Å². The van der Waals surface area contributed by atoms with Crippen molar-refractivity contribution in [2.45, 2.75) is 25.0 Å². The summed E-state index contributed by atoms with van der Waals surface area (Å²) in [6, 6.07) is 5.11. The number of ether oxygens (including phenoxy) is 2. The summed E-state index contributed by atoms with van der Waals surface area (Å²) in [5.74, 6) is -0.287. The lowest BCUT2D eigenvalue weighted by Gasteiger charge is -2.35. The molecule has 0 atom stereocenters. The van der Waals surface area contributed by atoms with Gasteiger partial charge in [0.25, 0.3) is 0 Å². The third-order valence-electron chi connectivity index (χ3n) is 3.23. The third kappa shape index (κ3) is 2.56. The van der Waals surface area contributed by atoms with E-state index in [-0.39, 0.29) is 5.56 Å². The molecular weight excluding hydrogens is 234 g/mol. The van der Waals surface area contributed by atoms with E-state index >= 15 is 0 Å². The summed E-state index contributed by atoms with van der Waals surface area (Å²) in [6.45, 7) is 0. The number of carboxylic acids is 1. The maximum atomic E-state index is 10.9. The number of rotatable bonds is 5. The number of hydrogen-bond acceptors (Lipinski definition) is 4. The lowest BCUT2D eigenvalue weighted by Crippen LogP contribution is -2.40. The quantitative estimate of drug-likeness (QED) is 0.837. The van der Waals surface area contributed by atoms with E-state index in [1.807, 2.05) is 0 Å². The molecule has 0 amide bonds. The van der Waals surface area contributed by atoms with Crippen LogP contribution in [0.5, 0.6) is 5.75 Å². The Bertz CT molecular complexity index is 441. The molecule has 0 aliphatic heterocycles. The van der Waals surface area contributed by atoms with Crippen molar-refractivity contribution < 1.29 is 19.4 Å². The zero-order valence-electron chi connectivity index (χ0n) is 10.5. The molecule has 1 aromatic rings. The first kappa shape index (κ1) is 12.7. The van der Waals surface area contributed by atoms with E-state index in [9.17, 15) is 4.79 Å². The molecule has 98 valence electrons. The summed E-state index contributed by atoms with van der Waals surface area (Å²) in [5, 5.41) is 12.3. The number of carbonyl (C=O) groups is 1. The zero-order chi connectivity index (χ0) is 13.1. The first-order valence-corrected chi connectivity index (χ1v) is 5.84. The molecule has 1 fully saturated rings. The van der Waals surface area contributed by atoms with Crippen LogP contribution >= 0.6 is 0 Å². The topological polar surface area (TPSA) is 67.8 Å². The first-order valence-electron chi connectivity index (χ1n) is 5.84. The monoisotopic (exact) mass is 251 g/mol. The summed E-state index contributed by atoms with van der Waals surface area (Å²) in [7, 11) is 3.27. The predicted molar refractivity (Wildman–Crippen MR) is 67.4 cm³/mol. The van der Waals surface area contributed by atoms with Crippen LogP contribution in [-0.4, -0.2) is 37.4 Å². The van der Waals surface area contributed by atoms with Gasteiger partial charge in [0, 0.05) is 13.2 Å². The summed E-state index contributed by atoms with van der Waals surface area (Å²) >= 11 is 0. The number of carboxylic acid groups (broad SMARTS) is 1. The molecule has 5 nitrogen and oxygen atoms in total. The minimum absolute atomic E-state index is 0.251. The minimum atomic E-state index is -0.941. The van der Waals surface area contributed by atoms with Crippen LogP contribution < -0.4 is 10.1 Å². The molecule has 0 aromatic heterocycles. The van der Waals surface area contributed by atoms with Gasteiger partial charge < -0.3 is 19.9 Å². The molecule has 0 spiro atoms. The van der Waals surface area contributed by atoms with Crippen LogP contribution in [-0.2, 0) is 4.74 Å². The summed E-state index contributed by atoms with van der Waals surface area (Å²) in [4.78, 5) is 10.9. The van der Waals surface area contributed by atoms with Gasteiger partial charge in [0.05, 0.1) is 24.5 Å². The SMILES string of the molecule is COc1ccc(C(=O)O)cc1NC1CC(OC)C1. The number of anilines is 1. The molecule has 1 aliphatic rings. The third-order valence-corrected chi connectivity index (χ3v) is 3.23. The van der Waals surface area contributed by atoms with Crippen LogP contribution in [0.1, 0.15) is 23.2 Å². The predicted octanol–water partition coefficient (Wildman–Crippen LogP) is 1.98. The van der Waals surface area contributed by atoms with Gasteiger partial charge >= 0.3 is 5.97 Å². The van der Waals surface area contributed by atoms with E-state index in [2.05, 4.69) is 5.32 Å². The van der Waals surface area contributed by atoms with Crippen molar-refractivity contribution in [2.24, 2.45) is 0 Å². The Morgan fingerprint density at radius 1 is 1.39 bits per heavy atom. The van der Waals surface area contributed by atoms with Crippen LogP contribution in [0.3, 0.4) is 0 Å². The van der Waals surface area contributed by atoms with Crippen LogP contribution in [0.2, 0.25) is 0 Å². The average molecular weight is 251 g/mol. The molecular formula is C13H17NO4. The molecule has 18 heavy (non-hydrogen) atoms. The van der Waals surface area contributed by atoms with Gasteiger partial charge in [0.15, 0.2) is 0 Å². The Hall–Kier alpha value is -1.75. The van der Waals surface area contributed by atoms with Crippen molar-refractivity contribution in [3.05, 3.63) is 23.8 Å². The molecule has 0 radical (unpaired) electrons. The number of benzene rings is 1. The summed E-state index contributed by atoms with van der Waals surface area (Å²) < 4.78 is 10.4. The molecule has 1 saturated carbocycles. The normalized spacial score (nSPS) is 22.1. The minimum Gasteiger partial charge on any atom is -0.495 e. The second kappa shape index (κ2) is 5.27. The molecule has 1 aromatic carbocycles. The van der Waals surface area contributed by atoms with Crippen LogP contribution in [0.15, 0.2) is 18.2 Å². The van der Waals surface area contributed by atoms with E-state index < -0.39 is 5.97 Å². The lowest BCUT2D eigenvalue weighted by atomic mass is 9.89. The fourth-order valence-electron chi connectivity index (χ4n) is 2.05. The average Bonchev–Trinajstić information content (AvgIpc) is 2.32. The van der Waals surface area contributed by atoms with E-state index in [0.29, 0.717) is 17.9 Å². The lowest BCUT2D eigenvalue weighted by molar-refractivity contribution is 0.0328. The number of hydrogen-bond donors (Lipinski definition) is 2.